The van der Waals surface area contributed by atoms with E-state index in [-0.39, 0.29) is 0 Å². The Morgan fingerprint density at radius 1 is 0.542 bits per heavy atom. The zero-order chi connectivity index (χ0) is 16.5. The van der Waals surface area contributed by atoms with E-state index in [1.807, 2.05) is 85.0 Å². The highest BCUT2D eigenvalue weighted by atomic mass is 14.7. The van der Waals surface area contributed by atoms with E-state index < -0.39 is 0 Å². The molecule has 1 nitrogen and oxygen atoms in total. The molecule has 0 aliphatic rings. The Hall–Kier alpha value is -3.19. The summed E-state index contributed by atoms with van der Waals surface area (Å²) in [6.45, 7) is 0. The van der Waals surface area contributed by atoms with Gasteiger partial charge in [-0.3, -0.25) is 0 Å². The van der Waals surface area contributed by atoms with Crippen LogP contribution in [0.2, 0.25) is 0 Å². The van der Waals surface area contributed by atoms with Crippen molar-refractivity contribution in [2.75, 3.05) is 0 Å². The number of rotatable bonds is 5. The fourth-order valence-electron chi connectivity index (χ4n) is 2.32. The Labute approximate surface area is 143 Å². The maximum Gasteiger partial charge on any atom is 0.0709 e. The molecule has 0 saturated heterocycles. The molecule has 1 heterocycles. The van der Waals surface area contributed by atoms with Crippen molar-refractivity contribution >= 4 is 23.1 Å². The SMILES string of the molecule is C(/C=C\c1ccc2ccccc2n1)=C/C=C/C=C\c1ccccc1. The number of hydrogen-bond donors (Lipinski definition) is 0. The molecule has 1 heteroatoms. The van der Waals surface area contributed by atoms with E-state index in [0.717, 1.165) is 11.2 Å². The van der Waals surface area contributed by atoms with Crippen LogP contribution in [0.15, 0.2) is 103 Å². The lowest BCUT2D eigenvalue weighted by Crippen LogP contribution is -1.81. The number of fused-ring (bicyclic) bond motifs is 1. The summed E-state index contributed by atoms with van der Waals surface area (Å²) in [4.78, 5) is 4.61. The maximum atomic E-state index is 4.61. The summed E-state index contributed by atoms with van der Waals surface area (Å²) >= 11 is 0. The quantitative estimate of drug-likeness (QED) is 0.521. The molecule has 0 aliphatic heterocycles. The molecule has 0 unspecified atom stereocenters. The van der Waals surface area contributed by atoms with Crippen molar-refractivity contribution in [1.82, 2.24) is 4.98 Å². The molecule has 24 heavy (non-hydrogen) atoms. The molecule has 116 valence electrons. The van der Waals surface area contributed by atoms with Crippen LogP contribution in [0.25, 0.3) is 23.1 Å². The van der Waals surface area contributed by atoms with Crippen LogP contribution in [0, 0.1) is 0 Å². The molecule has 0 N–H and O–H groups in total. The minimum Gasteiger partial charge on any atom is -0.248 e. The normalized spacial score (nSPS) is 12.3. The van der Waals surface area contributed by atoms with Gasteiger partial charge in [0.25, 0.3) is 0 Å². The molecule has 0 saturated carbocycles. The molecule has 0 aliphatic carbocycles. The third-order valence-corrected chi connectivity index (χ3v) is 3.53. The first-order valence-electron chi connectivity index (χ1n) is 8.01. The Bertz CT molecular complexity index is 899. The monoisotopic (exact) mass is 309 g/mol. The van der Waals surface area contributed by atoms with E-state index in [9.17, 15) is 0 Å². The Morgan fingerprint density at radius 3 is 2.04 bits per heavy atom. The van der Waals surface area contributed by atoms with Gasteiger partial charge in [0.15, 0.2) is 0 Å². The molecule has 0 spiro atoms. The van der Waals surface area contributed by atoms with Crippen molar-refractivity contribution in [3.05, 3.63) is 114 Å². The number of hydrogen-bond acceptors (Lipinski definition) is 1. The largest absolute Gasteiger partial charge is 0.248 e. The van der Waals surface area contributed by atoms with Gasteiger partial charge in [0.2, 0.25) is 0 Å². The van der Waals surface area contributed by atoms with E-state index in [2.05, 4.69) is 35.3 Å². The van der Waals surface area contributed by atoms with Crippen molar-refractivity contribution in [1.29, 1.82) is 0 Å². The summed E-state index contributed by atoms with van der Waals surface area (Å²) < 4.78 is 0. The van der Waals surface area contributed by atoms with Gasteiger partial charge in [-0.2, -0.15) is 0 Å². The number of aromatic nitrogens is 1. The third-order valence-electron chi connectivity index (χ3n) is 3.53. The van der Waals surface area contributed by atoms with Crippen LogP contribution in [0.5, 0.6) is 0 Å². The van der Waals surface area contributed by atoms with Crippen LogP contribution in [0.4, 0.5) is 0 Å². The molecule has 1 aromatic heterocycles. The number of allylic oxidation sites excluding steroid dienone is 6. The van der Waals surface area contributed by atoms with Crippen LogP contribution in [-0.4, -0.2) is 4.98 Å². The molecule has 0 atom stereocenters. The second kappa shape index (κ2) is 8.44. The number of pyridine rings is 1. The molecular weight excluding hydrogens is 290 g/mol. The van der Waals surface area contributed by atoms with Crippen LogP contribution in [0.3, 0.4) is 0 Å². The maximum absolute atomic E-state index is 4.61. The van der Waals surface area contributed by atoms with Crippen LogP contribution >= 0.6 is 0 Å². The first-order chi connectivity index (χ1) is 11.9. The van der Waals surface area contributed by atoms with E-state index in [4.69, 9.17) is 0 Å². The lowest BCUT2D eigenvalue weighted by atomic mass is 10.2. The Morgan fingerprint density at radius 2 is 1.21 bits per heavy atom. The predicted octanol–water partition coefficient (Wildman–Crippen LogP) is 6.07. The summed E-state index contributed by atoms with van der Waals surface area (Å²) in [6, 6.07) is 22.5. The minimum atomic E-state index is 0.964. The first-order valence-corrected chi connectivity index (χ1v) is 8.01. The van der Waals surface area contributed by atoms with E-state index >= 15 is 0 Å². The number of benzene rings is 2. The standard InChI is InChI=1S/C23H19N/c1(3-6-12-20-13-7-5-8-14-20)2-4-9-16-22-19-18-21-15-10-11-17-23(21)24-22/h1-19H/b3-1+,4-2-,12-6-,16-9-. The molecule has 3 aromatic rings. The van der Waals surface area contributed by atoms with E-state index in [1.165, 1.54) is 10.9 Å². The lowest BCUT2D eigenvalue weighted by Gasteiger charge is -1.97. The number of para-hydroxylation sites is 1. The molecule has 3 rings (SSSR count). The van der Waals surface area contributed by atoms with Gasteiger partial charge in [-0.05, 0) is 23.8 Å². The molecule has 2 aromatic carbocycles. The van der Waals surface area contributed by atoms with E-state index in [0.29, 0.717) is 0 Å². The van der Waals surface area contributed by atoms with Crippen molar-refractivity contribution in [3.8, 4) is 0 Å². The van der Waals surface area contributed by atoms with Gasteiger partial charge in [-0.25, -0.2) is 4.98 Å². The fraction of sp³-hybridized carbons (Fsp3) is 0. The smallest absolute Gasteiger partial charge is 0.0709 e. The van der Waals surface area contributed by atoms with Crippen LogP contribution < -0.4 is 0 Å². The summed E-state index contributed by atoms with van der Waals surface area (Å²) in [6.07, 6.45) is 16.2. The second-order valence-corrected chi connectivity index (χ2v) is 5.33. The highest BCUT2D eigenvalue weighted by molar-refractivity contribution is 5.79. The van der Waals surface area contributed by atoms with E-state index in [1.54, 1.807) is 0 Å². The van der Waals surface area contributed by atoms with Crippen molar-refractivity contribution < 1.29 is 0 Å². The zero-order valence-electron chi connectivity index (χ0n) is 13.4. The molecule has 0 fully saturated rings. The summed E-state index contributed by atoms with van der Waals surface area (Å²) in [5.74, 6) is 0. The highest BCUT2D eigenvalue weighted by Crippen LogP contribution is 2.12. The summed E-state index contributed by atoms with van der Waals surface area (Å²) in [5.41, 5.74) is 3.19. The average Bonchev–Trinajstić information content (AvgIpc) is 2.64. The van der Waals surface area contributed by atoms with Crippen molar-refractivity contribution in [2.45, 2.75) is 0 Å². The molecule has 0 radical (unpaired) electrons. The van der Waals surface area contributed by atoms with Gasteiger partial charge in [0.05, 0.1) is 11.2 Å². The summed E-state index contributed by atoms with van der Waals surface area (Å²) in [7, 11) is 0. The second-order valence-electron chi connectivity index (χ2n) is 5.33. The molecule has 0 bridgehead atoms. The Kier molecular flexibility index (Phi) is 5.52. The zero-order valence-corrected chi connectivity index (χ0v) is 13.4. The van der Waals surface area contributed by atoms with Gasteiger partial charge in [0.1, 0.15) is 0 Å². The highest BCUT2D eigenvalue weighted by Gasteiger charge is 1.93. The summed E-state index contributed by atoms with van der Waals surface area (Å²) in [5, 5.41) is 1.17. The lowest BCUT2D eigenvalue weighted by molar-refractivity contribution is 1.37. The number of nitrogens with zero attached hydrogens (tertiary/aromatic N) is 1. The topological polar surface area (TPSA) is 12.9 Å². The molecular formula is C23H19N. The minimum absolute atomic E-state index is 0.964. The first kappa shape index (κ1) is 15.7. The van der Waals surface area contributed by atoms with Gasteiger partial charge < -0.3 is 0 Å². The van der Waals surface area contributed by atoms with Gasteiger partial charge in [0, 0.05) is 5.39 Å². The Balaban J connectivity index is 1.54. The van der Waals surface area contributed by atoms with Gasteiger partial charge >= 0.3 is 0 Å². The van der Waals surface area contributed by atoms with Crippen LogP contribution in [-0.2, 0) is 0 Å². The fourth-order valence-corrected chi connectivity index (χ4v) is 2.32. The predicted molar refractivity (Wildman–Crippen MR) is 105 cm³/mol. The van der Waals surface area contributed by atoms with Gasteiger partial charge in [-0.15, -0.1) is 0 Å². The molecule has 0 amide bonds. The van der Waals surface area contributed by atoms with Gasteiger partial charge in [-0.1, -0.05) is 97.1 Å². The van der Waals surface area contributed by atoms with Crippen LogP contribution in [0.1, 0.15) is 11.3 Å². The third kappa shape index (κ3) is 4.65. The van der Waals surface area contributed by atoms with Crippen molar-refractivity contribution in [2.24, 2.45) is 0 Å². The average molecular weight is 309 g/mol. The van der Waals surface area contributed by atoms with Crippen molar-refractivity contribution in [3.63, 3.8) is 0 Å².